The number of hydrogen-bond acceptors (Lipinski definition) is 5. The molecule has 0 radical (unpaired) electrons. The van der Waals surface area contributed by atoms with Gasteiger partial charge in [-0.2, -0.15) is 0 Å². The van der Waals surface area contributed by atoms with E-state index in [0.717, 1.165) is 31.9 Å². The maximum atomic E-state index is 12.3. The second-order valence-electron chi connectivity index (χ2n) is 20.9. The van der Waals surface area contributed by atoms with Crippen LogP contribution in [-0.4, -0.2) is 57.0 Å². The van der Waals surface area contributed by atoms with Crippen molar-refractivity contribution in [2.75, 3.05) is 13.2 Å². The highest BCUT2D eigenvalue weighted by atomic mass is 16.5. The van der Waals surface area contributed by atoms with Gasteiger partial charge in [-0.1, -0.05) is 143 Å². The van der Waals surface area contributed by atoms with E-state index in [9.17, 15) is 27.3 Å². The third kappa shape index (κ3) is 6.94. The third-order valence-corrected chi connectivity index (χ3v) is 17.4. The average Bonchev–Trinajstić information content (AvgIpc) is 3.52. The molecule has 4 N–H and O–H groups in total. The van der Waals surface area contributed by atoms with E-state index in [1.807, 2.05) is 27.7 Å². The molecule has 3 unspecified atom stereocenters. The van der Waals surface area contributed by atoms with Crippen molar-refractivity contribution in [3.05, 3.63) is 34.9 Å². The van der Waals surface area contributed by atoms with Crippen LogP contribution in [0, 0.1) is 73.8 Å². The molecule has 0 saturated heterocycles. The minimum atomic E-state index is -3.24. The Morgan fingerprint density at radius 3 is 1.91 bits per heavy atom. The molecule has 0 aromatic heterocycles. The molecule has 55 heavy (non-hydrogen) atoms. The minimum Gasteiger partial charge on any atom is -0.396 e. The predicted molar refractivity (Wildman–Crippen MR) is 233 cm³/mol. The van der Waals surface area contributed by atoms with Crippen LogP contribution in [0.5, 0.6) is 0 Å². The van der Waals surface area contributed by atoms with Gasteiger partial charge in [0.15, 0.2) is 0 Å². The molecular weight excluding hydrogens is 681 g/mol. The number of aliphatic hydroxyl groups is 4. The highest BCUT2D eigenvalue weighted by Gasteiger charge is 2.74. The van der Waals surface area contributed by atoms with Gasteiger partial charge >= 0.3 is 0 Å². The molecule has 3 saturated carbocycles. The number of allylic oxidation sites excluding steroid dienone is 3. The second-order valence-corrected chi connectivity index (χ2v) is 20.9. The lowest BCUT2D eigenvalue weighted by Gasteiger charge is -2.72. The van der Waals surface area contributed by atoms with Gasteiger partial charge in [-0.3, -0.25) is 0 Å². The summed E-state index contributed by atoms with van der Waals surface area (Å²) in [6.07, 6.45) is -7.72. The first-order valence-electron chi connectivity index (χ1n) is 25.4. The first-order valence-corrected chi connectivity index (χ1v) is 20.9. The summed E-state index contributed by atoms with van der Waals surface area (Å²) in [5, 5.41) is 46.1. The third-order valence-electron chi connectivity index (χ3n) is 17.4. The summed E-state index contributed by atoms with van der Waals surface area (Å²) in [6, 6.07) is 0. The summed E-state index contributed by atoms with van der Waals surface area (Å²) < 4.78 is 91.0. The fraction of sp³-hybridized carbons (Fsp3) is 0.880. The summed E-state index contributed by atoms with van der Waals surface area (Å²) in [7, 11) is 0. The van der Waals surface area contributed by atoms with Crippen molar-refractivity contribution in [3.63, 3.8) is 0 Å². The number of fused-ring (bicyclic) bond motifs is 1. The van der Waals surface area contributed by atoms with E-state index < -0.39 is 98.6 Å². The maximum Gasteiger partial charge on any atom is 0.117 e. The smallest absolute Gasteiger partial charge is 0.117 e. The highest BCUT2D eigenvalue weighted by molar-refractivity contribution is 5.51. The van der Waals surface area contributed by atoms with Crippen LogP contribution in [0.3, 0.4) is 0 Å². The van der Waals surface area contributed by atoms with Crippen molar-refractivity contribution < 1.29 is 37.5 Å². The van der Waals surface area contributed by atoms with Crippen molar-refractivity contribution in [1.82, 2.24) is 0 Å². The number of hydrogen-bond donors (Lipinski definition) is 4. The van der Waals surface area contributed by atoms with Crippen molar-refractivity contribution in [2.45, 2.75) is 194 Å². The SMILES string of the molecule is [2H]C([2H])(C)C(O)(C([2H])([2H])C)C([2H])(C)C([2H])([2H])C([2H])(C)[C@](C)([C@H]1CC[C@H]2/C(=C/C(C)=C3\C(=C)[C@@H](O)[C@H](OCC(C)CO)[C@](C)(O)C3(C)C)C(C)(C)C(C)(C)C(C)(C)[C@@]21C(C)C)C([2H])(C)C. The molecule has 3 aliphatic rings. The number of ether oxygens (including phenoxy) is 1. The molecule has 0 aromatic rings. The zero-order valence-electron chi connectivity index (χ0n) is 47.8. The highest BCUT2D eigenvalue weighted by Crippen LogP contribution is 2.80. The second kappa shape index (κ2) is 15.9. The Bertz CT molecular complexity index is 1820. The van der Waals surface area contributed by atoms with E-state index in [1.165, 1.54) is 6.92 Å². The summed E-state index contributed by atoms with van der Waals surface area (Å²) in [5.74, 6) is -8.03. The van der Waals surface area contributed by atoms with Crippen LogP contribution in [-0.2, 0) is 4.74 Å². The lowest BCUT2D eigenvalue weighted by Crippen LogP contribution is -2.67. The first-order chi connectivity index (χ1) is 28.0. The van der Waals surface area contributed by atoms with Crippen LogP contribution >= 0.6 is 0 Å². The van der Waals surface area contributed by atoms with E-state index in [-0.39, 0.29) is 31.0 Å². The van der Waals surface area contributed by atoms with Gasteiger partial charge in [0.2, 0.25) is 0 Å². The van der Waals surface area contributed by atoms with Gasteiger partial charge < -0.3 is 25.2 Å². The van der Waals surface area contributed by atoms with E-state index >= 15 is 0 Å². The van der Waals surface area contributed by atoms with Gasteiger partial charge in [-0.25, -0.2) is 0 Å². The van der Waals surface area contributed by atoms with Gasteiger partial charge in [0, 0.05) is 30.3 Å². The van der Waals surface area contributed by atoms with Crippen LogP contribution < -0.4 is 0 Å². The molecule has 0 aliphatic heterocycles. The Hall–Kier alpha value is -0.980. The summed E-state index contributed by atoms with van der Waals surface area (Å²) in [5.41, 5.74) is -6.69. The lowest BCUT2D eigenvalue weighted by molar-refractivity contribution is -0.217. The van der Waals surface area contributed by atoms with Gasteiger partial charge in [-0.05, 0) is 125 Å². The predicted octanol–water partition coefficient (Wildman–Crippen LogP) is 11.6. The van der Waals surface area contributed by atoms with Gasteiger partial charge in [0.25, 0.3) is 0 Å². The zero-order chi connectivity index (χ0) is 51.0. The molecule has 0 aromatic carbocycles. The fourth-order valence-corrected chi connectivity index (χ4v) is 12.3. The quantitative estimate of drug-likeness (QED) is 0.141. The number of rotatable bonds is 14. The Morgan fingerprint density at radius 1 is 0.927 bits per heavy atom. The van der Waals surface area contributed by atoms with Crippen molar-refractivity contribution >= 4 is 0 Å². The maximum absolute atomic E-state index is 12.3. The Kier molecular flexibility index (Phi) is 10.4. The van der Waals surface area contributed by atoms with Gasteiger partial charge in [-0.15, -0.1) is 0 Å². The Morgan fingerprint density at radius 2 is 1.45 bits per heavy atom. The van der Waals surface area contributed by atoms with E-state index in [0.29, 0.717) is 24.0 Å². The number of aliphatic hydroxyl groups excluding tert-OH is 2. The lowest BCUT2D eigenvalue weighted by atomic mass is 9.31. The molecule has 5 heteroatoms. The zero-order valence-corrected chi connectivity index (χ0v) is 38.8. The summed E-state index contributed by atoms with van der Waals surface area (Å²) in [4.78, 5) is 0. The molecule has 3 aliphatic carbocycles. The topological polar surface area (TPSA) is 90.2 Å². The van der Waals surface area contributed by atoms with Crippen molar-refractivity contribution in [3.8, 4) is 0 Å². The van der Waals surface area contributed by atoms with Gasteiger partial charge in [0.1, 0.15) is 12.2 Å². The molecular formula is C50H90O5. The molecule has 5 nitrogen and oxygen atoms in total. The van der Waals surface area contributed by atoms with E-state index in [2.05, 4.69) is 68.0 Å². The standard InChI is InChI=1S/C50H90O5/c1-22-49(54,23-2)35(10)27-34(9)47(20,30(3)4)39-25-24-37-38(43(12,13)45(16,17)46(18,19)50(37,39)31(5)6)26-33(8)40-36(11)41(52)42(55-29-32(7)28-51)48(21,53)44(40,14)15/h26,30-32,34-35,37,39,41-42,51-54H,11,22-25,27-29H2,1-10,12-21H3/b38-26-,40-33+/t32?,34?,35?,37-,39+,41+,42-,47+,48-,50-/m0/s1/i22D2,23D2,27D2,30D,34D,35D. The first kappa shape index (κ1) is 35.9. The molecule has 3 rings (SSSR count). The van der Waals surface area contributed by atoms with Gasteiger partial charge in [0.05, 0.1) is 17.8 Å². The van der Waals surface area contributed by atoms with Crippen LogP contribution in [0.2, 0.25) is 0 Å². The van der Waals surface area contributed by atoms with Crippen LogP contribution in [0.15, 0.2) is 34.9 Å². The summed E-state index contributed by atoms with van der Waals surface area (Å²) >= 11 is 0. The van der Waals surface area contributed by atoms with Crippen LogP contribution in [0.25, 0.3) is 0 Å². The Balaban J connectivity index is 2.55. The van der Waals surface area contributed by atoms with Crippen molar-refractivity contribution in [1.29, 1.82) is 0 Å². The molecule has 3 fully saturated rings. The largest absolute Gasteiger partial charge is 0.396 e. The van der Waals surface area contributed by atoms with Crippen LogP contribution in [0.1, 0.15) is 183 Å². The van der Waals surface area contributed by atoms with Crippen LogP contribution in [0.4, 0.5) is 0 Å². The van der Waals surface area contributed by atoms with E-state index in [1.54, 1.807) is 27.7 Å². The van der Waals surface area contributed by atoms with Crippen molar-refractivity contribution in [2.24, 2.45) is 73.8 Å². The summed E-state index contributed by atoms with van der Waals surface area (Å²) in [6.45, 7) is 41.0. The fourth-order valence-electron chi connectivity index (χ4n) is 12.3. The molecule has 0 bridgehead atoms. The minimum absolute atomic E-state index is 0.107. The molecule has 320 valence electrons. The Labute approximate surface area is 352 Å². The molecule has 0 amide bonds. The average molecular weight is 780 g/mol. The molecule has 10 atom stereocenters. The normalized spacial score (nSPS) is 40.6. The molecule has 0 heterocycles. The monoisotopic (exact) mass is 780 g/mol. The van der Waals surface area contributed by atoms with E-state index in [4.69, 9.17) is 10.2 Å². The molecule has 0 spiro atoms.